The van der Waals surface area contributed by atoms with Crippen LogP contribution in [0.15, 0.2) is 60.7 Å². The quantitative estimate of drug-likeness (QED) is 0.253. The Kier molecular flexibility index (Phi) is 19.2. The van der Waals surface area contributed by atoms with Crippen molar-refractivity contribution in [1.29, 1.82) is 0 Å². The third-order valence-electron chi connectivity index (χ3n) is 7.26. The van der Waals surface area contributed by atoms with Crippen LogP contribution in [-0.2, 0) is 31.9 Å². The molecule has 2 aromatic carbocycles. The molecular formula is C34H52N2O5. The molecule has 2 aliphatic rings. The second-order valence-corrected chi connectivity index (χ2v) is 10.9. The molecule has 2 aliphatic heterocycles. The van der Waals surface area contributed by atoms with Crippen molar-refractivity contribution in [3.63, 3.8) is 0 Å². The largest absolute Gasteiger partial charge is 0.481 e. The van der Waals surface area contributed by atoms with E-state index in [1.165, 1.54) is 11.1 Å². The van der Waals surface area contributed by atoms with Gasteiger partial charge in [-0.15, -0.1) is 0 Å². The average Bonchev–Trinajstić information content (AvgIpc) is 2.99. The molecule has 0 bridgehead atoms. The van der Waals surface area contributed by atoms with Crippen molar-refractivity contribution in [2.75, 3.05) is 26.4 Å². The molecule has 4 N–H and O–H groups in total. The van der Waals surface area contributed by atoms with Crippen LogP contribution in [0.4, 0.5) is 0 Å². The van der Waals surface area contributed by atoms with Crippen molar-refractivity contribution < 1.29 is 24.2 Å². The second kappa shape index (κ2) is 22.9. The van der Waals surface area contributed by atoms with Gasteiger partial charge >= 0.3 is 5.97 Å². The molecule has 41 heavy (non-hydrogen) atoms. The number of carboxylic acids is 1. The van der Waals surface area contributed by atoms with E-state index >= 15 is 0 Å². The summed E-state index contributed by atoms with van der Waals surface area (Å²) in [4.78, 5) is 22.0. The molecule has 0 aromatic heterocycles. The molecule has 0 atom stereocenters. The van der Waals surface area contributed by atoms with E-state index in [1.54, 1.807) is 0 Å². The first-order valence-corrected chi connectivity index (χ1v) is 15.5. The summed E-state index contributed by atoms with van der Waals surface area (Å²) in [5, 5.41) is 11.5. The van der Waals surface area contributed by atoms with E-state index in [1.807, 2.05) is 24.3 Å². The van der Waals surface area contributed by atoms with E-state index in [2.05, 4.69) is 41.7 Å². The lowest BCUT2D eigenvalue weighted by atomic mass is 10.1. The number of amides is 1. The Balaban J connectivity index is 0.000000241. The van der Waals surface area contributed by atoms with Crippen molar-refractivity contribution in [1.82, 2.24) is 5.32 Å². The summed E-state index contributed by atoms with van der Waals surface area (Å²) in [5.74, 6) is -0.485. The molecule has 2 fully saturated rings. The number of benzene rings is 2. The Morgan fingerprint density at radius 3 is 1.59 bits per heavy atom. The minimum Gasteiger partial charge on any atom is -0.481 e. The van der Waals surface area contributed by atoms with Crippen LogP contribution in [0.3, 0.4) is 0 Å². The number of aliphatic carboxylic acids is 1. The Labute approximate surface area is 247 Å². The third-order valence-corrected chi connectivity index (χ3v) is 7.26. The Hall–Kier alpha value is -2.74. The molecule has 7 heteroatoms. The van der Waals surface area contributed by atoms with Crippen LogP contribution in [0.2, 0.25) is 0 Å². The van der Waals surface area contributed by atoms with Crippen LogP contribution >= 0.6 is 0 Å². The van der Waals surface area contributed by atoms with Gasteiger partial charge in [0.2, 0.25) is 5.91 Å². The highest BCUT2D eigenvalue weighted by atomic mass is 16.5. The number of unbranched alkanes of at least 4 members (excludes halogenated alkanes) is 4. The predicted octanol–water partition coefficient (Wildman–Crippen LogP) is 6.08. The van der Waals surface area contributed by atoms with Gasteiger partial charge in [-0.05, 0) is 75.3 Å². The van der Waals surface area contributed by atoms with Crippen LogP contribution in [-0.4, -0.2) is 55.5 Å². The first kappa shape index (κ1) is 34.5. The van der Waals surface area contributed by atoms with E-state index in [4.69, 9.17) is 20.3 Å². The number of nitrogens with two attached hydrogens (primary N) is 1. The topological polar surface area (TPSA) is 111 Å². The maximum Gasteiger partial charge on any atom is 0.303 e. The van der Waals surface area contributed by atoms with Crippen molar-refractivity contribution >= 4 is 11.9 Å². The molecule has 1 amide bonds. The summed E-state index contributed by atoms with van der Waals surface area (Å²) in [6, 6.07) is 21.6. The van der Waals surface area contributed by atoms with Gasteiger partial charge in [0.05, 0.1) is 0 Å². The number of carbonyl (C=O) groups is 2. The summed E-state index contributed by atoms with van der Waals surface area (Å²) in [7, 11) is 0. The van der Waals surface area contributed by atoms with Gasteiger partial charge in [0.25, 0.3) is 0 Å². The summed E-state index contributed by atoms with van der Waals surface area (Å²) in [6.45, 7) is 3.28. The zero-order valence-corrected chi connectivity index (χ0v) is 24.8. The number of ether oxygens (including phenoxy) is 2. The van der Waals surface area contributed by atoms with Crippen molar-refractivity contribution in [2.24, 2.45) is 5.73 Å². The van der Waals surface area contributed by atoms with Gasteiger partial charge in [0, 0.05) is 51.4 Å². The number of hydrogen-bond acceptors (Lipinski definition) is 5. The van der Waals surface area contributed by atoms with E-state index in [0.29, 0.717) is 24.9 Å². The van der Waals surface area contributed by atoms with E-state index in [0.717, 1.165) is 103 Å². The number of hydrogen-bond donors (Lipinski definition) is 3. The van der Waals surface area contributed by atoms with Gasteiger partial charge in [0.15, 0.2) is 0 Å². The zero-order chi connectivity index (χ0) is 29.4. The van der Waals surface area contributed by atoms with E-state index in [-0.39, 0.29) is 5.91 Å². The zero-order valence-electron chi connectivity index (χ0n) is 24.8. The molecule has 4 rings (SSSR count). The molecule has 0 radical (unpaired) electrons. The second-order valence-electron chi connectivity index (χ2n) is 10.9. The average molecular weight is 569 g/mol. The van der Waals surface area contributed by atoms with Gasteiger partial charge in [-0.1, -0.05) is 73.5 Å². The van der Waals surface area contributed by atoms with Crippen molar-refractivity contribution in [3.05, 3.63) is 71.8 Å². The summed E-state index contributed by atoms with van der Waals surface area (Å²) >= 11 is 0. The molecule has 7 nitrogen and oxygen atoms in total. The first-order valence-electron chi connectivity index (χ1n) is 15.5. The van der Waals surface area contributed by atoms with Gasteiger partial charge in [0.1, 0.15) is 0 Å². The number of carboxylic acid groups (broad SMARTS) is 1. The highest BCUT2D eigenvalue weighted by Crippen LogP contribution is 2.10. The minimum absolute atomic E-state index is 0.205. The van der Waals surface area contributed by atoms with Crippen LogP contribution in [0.1, 0.15) is 88.2 Å². The monoisotopic (exact) mass is 568 g/mol. The Bertz CT molecular complexity index is 913. The van der Waals surface area contributed by atoms with Gasteiger partial charge in [-0.25, -0.2) is 0 Å². The number of carbonyl (C=O) groups excluding carboxylic acids is 1. The maximum atomic E-state index is 11.8. The third kappa shape index (κ3) is 19.1. The molecular weight excluding hydrogens is 516 g/mol. The van der Waals surface area contributed by atoms with Crippen LogP contribution in [0.5, 0.6) is 0 Å². The van der Waals surface area contributed by atoms with Gasteiger partial charge in [-0.3, -0.25) is 9.59 Å². The standard InChI is InChI=1S/C17H25NO2.C12H16O2.C5H11NO/c19-17(18-16-11-13-20-14-12-16)10-6-2-5-9-15-7-3-1-4-8-15;13-12(14)10-6-2-5-9-11-7-3-1-4-8-11;6-5-1-3-7-4-2-5/h1,3-4,7-8,16H,2,5-6,9-14H2,(H,18,19);1,3-4,7-8H,2,5-6,9-10H2,(H,13,14);5H,1-4,6H2. The fourth-order valence-electron chi connectivity index (χ4n) is 4.72. The smallest absolute Gasteiger partial charge is 0.303 e. The lowest BCUT2D eigenvalue weighted by molar-refractivity contribution is -0.137. The molecule has 0 unspecified atom stereocenters. The lowest BCUT2D eigenvalue weighted by Gasteiger charge is -2.23. The molecule has 2 heterocycles. The normalized spacial score (nSPS) is 15.5. The number of rotatable bonds is 13. The SMILES string of the molecule is NC1CCOCC1.O=C(CCCCCc1ccccc1)NC1CCOCC1.O=C(O)CCCCCc1ccccc1. The molecule has 2 saturated heterocycles. The molecule has 0 spiro atoms. The minimum atomic E-state index is -0.690. The molecule has 2 aromatic rings. The van der Waals surface area contributed by atoms with Gasteiger partial charge in [-0.2, -0.15) is 0 Å². The lowest BCUT2D eigenvalue weighted by Crippen LogP contribution is -2.38. The van der Waals surface area contributed by atoms with E-state index < -0.39 is 5.97 Å². The summed E-state index contributed by atoms with van der Waals surface area (Å²) in [5.41, 5.74) is 8.28. The number of nitrogens with one attached hydrogen (secondary N) is 1. The van der Waals surface area contributed by atoms with Gasteiger partial charge < -0.3 is 25.6 Å². The van der Waals surface area contributed by atoms with Crippen molar-refractivity contribution in [3.8, 4) is 0 Å². The highest BCUT2D eigenvalue weighted by Gasteiger charge is 2.15. The fourth-order valence-corrected chi connectivity index (χ4v) is 4.72. The summed E-state index contributed by atoms with van der Waals surface area (Å²) < 4.78 is 10.3. The van der Waals surface area contributed by atoms with Crippen molar-refractivity contribution in [2.45, 2.75) is 102 Å². The number of aryl methyl sites for hydroxylation is 2. The fraction of sp³-hybridized carbons (Fsp3) is 0.588. The van der Waals surface area contributed by atoms with Crippen LogP contribution < -0.4 is 11.1 Å². The molecule has 0 saturated carbocycles. The van der Waals surface area contributed by atoms with Crippen LogP contribution in [0, 0.1) is 0 Å². The van der Waals surface area contributed by atoms with Crippen LogP contribution in [0.25, 0.3) is 0 Å². The summed E-state index contributed by atoms with van der Waals surface area (Å²) in [6.07, 6.45) is 13.3. The Morgan fingerprint density at radius 1 is 0.683 bits per heavy atom. The first-order chi connectivity index (χ1) is 20.0. The van der Waals surface area contributed by atoms with E-state index in [9.17, 15) is 9.59 Å². The predicted molar refractivity (Wildman–Crippen MR) is 165 cm³/mol. The molecule has 0 aliphatic carbocycles. The maximum absolute atomic E-state index is 11.8. The Morgan fingerprint density at radius 2 is 1.15 bits per heavy atom. The molecule has 228 valence electrons. The highest BCUT2D eigenvalue weighted by molar-refractivity contribution is 5.76.